The third-order valence-electron chi connectivity index (χ3n) is 16.2. The maximum atomic E-state index is 14.9. The second-order valence-corrected chi connectivity index (χ2v) is 21.2. The van der Waals surface area contributed by atoms with E-state index in [0.717, 1.165) is 33.4 Å². The summed E-state index contributed by atoms with van der Waals surface area (Å²) < 4.78 is 16.9. The SMILES string of the molecule is CC(C)(C(=O)c1ccc(CC2(Cc3ccc(C(=O)C(C)(C)N4CCOCC4)cc3)c3cc(C(=O)C(C)(C)N4CCOCC4)ccc3-c3cc4c(cc32)C(=O)c2ccccc2C4=O)cc1)N1CCOCC1. The number of Topliss-reactive ketones (excluding diaryl/α,β-unsaturated/α-hetero) is 3. The van der Waals surface area contributed by atoms with Gasteiger partial charge < -0.3 is 14.2 Å². The molecule has 0 amide bonds. The zero-order valence-electron chi connectivity index (χ0n) is 41.3. The Morgan fingerprint density at radius 2 is 0.786 bits per heavy atom. The Morgan fingerprint density at radius 3 is 1.20 bits per heavy atom. The van der Waals surface area contributed by atoms with E-state index in [0.29, 0.717) is 131 Å². The average Bonchev–Trinajstić information content (AvgIpc) is 3.64. The van der Waals surface area contributed by atoms with Crippen molar-refractivity contribution in [1.29, 1.82) is 0 Å². The van der Waals surface area contributed by atoms with Gasteiger partial charge in [-0.3, -0.25) is 38.7 Å². The van der Waals surface area contributed by atoms with Crippen molar-refractivity contribution in [2.45, 2.75) is 76.4 Å². The first-order valence-corrected chi connectivity index (χ1v) is 24.8. The first kappa shape index (κ1) is 47.9. The van der Waals surface area contributed by atoms with Gasteiger partial charge in [-0.25, -0.2) is 0 Å². The molecule has 3 aliphatic heterocycles. The Hall–Kier alpha value is -5.79. The van der Waals surface area contributed by atoms with Gasteiger partial charge in [0.15, 0.2) is 28.9 Å². The lowest BCUT2D eigenvalue weighted by Crippen LogP contribution is -2.54. The number of fused-ring (bicyclic) bond motifs is 5. The monoisotopic (exact) mass is 941 g/mol. The molecule has 0 spiro atoms. The molecule has 3 fully saturated rings. The fourth-order valence-electron chi connectivity index (χ4n) is 11.8. The van der Waals surface area contributed by atoms with E-state index in [9.17, 15) is 24.0 Å². The number of carbonyl (C=O) groups is 5. The highest BCUT2D eigenvalue weighted by molar-refractivity contribution is 6.29. The molecule has 5 aromatic rings. The van der Waals surface area contributed by atoms with E-state index in [2.05, 4.69) is 14.7 Å². The number of ether oxygens (including phenoxy) is 3. The molecule has 5 aromatic carbocycles. The largest absolute Gasteiger partial charge is 0.379 e. The van der Waals surface area contributed by atoms with Crippen LogP contribution >= 0.6 is 0 Å². The molecule has 0 saturated carbocycles. The first-order chi connectivity index (χ1) is 33.5. The Morgan fingerprint density at radius 1 is 0.429 bits per heavy atom. The van der Waals surface area contributed by atoms with Gasteiger partial charge in [-0.05, 0) is 106 Å². The highest BCUT2D eigenvalue weighted by Gasteiger charge is 2.47. The van der Waals surface area contributed by atoms with Crippen LogP contribution in [0.5, 0.6) is 0 Å². The standard InChI is InChI=1S/C59H63N3O8/c1-56(2,60-21-27-68-28-22-60)53(65)40-15-11-38(12-16-40)36-59(37-39-13-17-41(18-14-39)54(66)57(3,4)61-23-29-69-30-24-61)49-33-42(55(67)58(5,6)62-25-31-70-32-26-62)19-20-43(49)46-34-47-48(35-50(46)59)52(64)45-10-8-7-9-44(45)51(47)63/h7-20,33-35H,21-32,36-37H2,1-6H3. The molecule has 11 heteroatoms. The predicted molar refractivity (Wildman–Crippen MR) is 269 cm³/mol. The van der Waals surface area contributed by atoms with Gasteiger partial charge in [0.25, 0.3) is 0 Å². The van der Waals surface area contributed by atoms with Crippen LogP contribution in [0.1, 0.15) is 127 Å². The van der Waals surface area contributed by atoms with Gasteiger partial charge in [-0.1, -0.05) is 84.9 Å². The summed E-state index contributed by atoms with van der Waals surface area (Å²) in [7, 11) is 0. The van der Waals surface area contributed by atoms with E-state index in [1.807, 2.05) is 120 Å². The topological polar surface area (TPSA) is 123 Å². The number of hydrogen-bond acceptors (Lipinski definition) is 11. The molecule has 362 valence electrons. The fraction of sp³-hybridized carbons (Fsp3) is 0.407. The third kappa shape index (κ3) is 8.24. The molecule has 11 nitrogen and oxygen atoms in total. The molecule has 70 heavy (non-hydrogen) atoms. The second-order valence-electron chi connectivity index (χ2n) is 21.2. The van der Waals surface area contributed by atoms with Crippen LogP contribution in [0.3, 0.4) is 0 Å². The molecule has 0 N–H and O–H groups in total. The van der Waals surface area contributed by atoms with Gasteiger partial charge in [0, 0.05) is 83.6 Å². The summed E-state index contributed by atoms with van der Waals surface area (Å²) in [5.41, 5.74) is 5.46. The van der Waals surface area contributed by atoms with Crippen molar-refractivity contribution in [2.75, 3.05) is 78.9 Å². The third-order valence-corrected chi connectivity index (χ3v) is 16.2. The van der Waals surface area contributed by atoms with Crippen molar-refractivity contribution in [3.8, 4) is 11.1 Å². The number of benzene rings is 5. The number of carbonyl (C=O) groups excluding carboxylic acids is 5. The summed E-state index contributed by atoms with van der Waals surface area (Å²) in [5, 5.41) is 0. The molecule has 0 aromatic heterocycles. The first-order valence-electron chi connectivity index (χ1n) is 24.8. The number of morpholine rings is 3. The zero-order chi connectivity index (χ0) is 49.2. The Kier molecular flexibility index (Phi) is 12.6. The molecule has 0 radical (unpaired) electrons. The van der Waals surface area contributed by atoms with Crippen molar-refractivity contribution in [2.24, 2.45) is 0 Å². The summed E-state index contributed by atoms with van der Waals surface area (Å²) >= 11 is 0. The fourth-order valence-corrected chi connectivity index (χ4v) is 11.8. The summed E-state index contributed by atoms with van der Waals surface area (Å²) in [5.74, 6) is -0.373. The smallest absolute Gasteiger partial charge is 0.194 e. The molecule has 3 saturated heterocycles. The van der Waals surface area contributed by atoms with Gasteiger partial charge >= 0.3 is 0 Å². The van der Waals surface area contributed by atoms with Crippen molar-refractivity contribution in [3.05, 3.63) is 164 Å². The number of nitrogens with zero attached hydrogens (tertiary/aromatic N) is 3. The molecule has 10 rings (SSSR count). The number of ketones is 5. The molecular weight excluding hydrogens is 879 g/mol. The van der Waals surface area contributed by atoms with Gasteiger partial charge in [0.1, 0.15) is 0 Å². The minimum absolute atomic E-state index is 0.0151. The van der Waals surface area contributed by atoms with Crippen LogP contribution in [0.25, 0.3) is 11.1 Å². The van der Waals surface area contributed by atoms with Crippen LogP contribution in [-0.4, -0.2) is 139 Å². The Balaban J connectivity index is 1.12. The van der Waals surface area contributed by atoms with Gasteiger partial charge in [-0.15, -0.1) is 0 Å². The average molecular weight is 942 g/mol. The van der Waals surface area contributed by atoms with Gasteiger partial charge in [-0.2, -0.15) is 0 Å². The van der Waals surface area contributed by atoms with Crippen molar-refractivity contribution in [1.82, 2.24) is 14.7 Å². The van der Waals surface area contributed by atoms with E-state index in [4.69, 9.17) is 14.2 Å². The molecule has 0 atom stereocenters. The van der Waals surface area contributed by atoms with E-state index in [1.54, 1.807) is 24.3 Å². The summed E-state index contributed by atoms with van der Waals surface area (Å²) in [6.07, 6.45) is 0.863. The highest BCUT2D eigenvalue weighted by Crippen LogP contribution is 2.54. The molecular formula is C59H63N3O8. The minimum Gasteiger partial charge on any atom is -0.379 e. The summed E-state index contributed by atoms with van der Waals surface area (Å²) in [6, 6.07) is 32.5. The van der Waals surface area contributed by atoms with Crippen LogP contribution in [-0.2, 0) is 32.5 Å². The van der Waals surface area contributed by atoms with Crippen molar-refractivity contribution >= 4 is 28.9 Å². The van der Waals surface area contributed by atoms with E-state index < -0.39 is 22.0 Å². The van der Waals surface area contributed by atoms with Gasteiger partial charge in [0.2, 0.25) is 0 Å². The van der Waals surface area contributed by atoms with Crippen LogP contribution in [0.2, 0.25) is 0 Å². The second kappa shape index (κ2) is 18.4. The molecule has 2 aliphatic carbocycles. The van der Waals surface area contributed by atoms with Crippen LogP contribution in [0.15, 0.2) is 103 Å². The van der Waals surface area contributed by atoms with E-state index in [-0.39, 0.29) is 28.9 Å². The van der Waals surface area contributed by atoms with E-state index in [1.165, 1.54) is 0 Å². The molecule has 0 unspecified atom stereocenters. The quantitative estimate of drug-likeness (QED) is 0.105. The molecule has 0 bridgehead atoms. The van der Waals surface area contributed by atoms with Gasteiger partial charge in [0.05, 0.1) is 56.3 Å². The lowest BCUT2D eigenvalue weighted by Gasteiger charge is -2.40. The Labute approximate surface area is 411 Å². The van der Waals surface area contributed by atoms with E-state index >= 15 is 0 Å². The maximum Gasteiger partial charge on any atom is 0.194 e. The highest BCUT2D eigenvalue weighted by atomic mass is 16.5. The van der Waals surface area contributed by atoms with Crippen molar-refractivity contribution < 1.29 is 38.2 Å². The maximum absolute atomic E-state index is 14.9. The van der Waals surface area contributed by atoms with Crippen LogP contribution in [0, 0.1) is 0 Å². The minimum atomic E-state index is -0.892. The van der Waals surface area contributed by atoms with Crippen LogP contribution in [0.4, 0.5) is 0 Å². The number of rotatable bonds is 13. The summed E-state index contributed by atoms with van der Waals surface area (Å²) in [6.45, 7) is 19.3. The normalized spacial score (nSPS) is 18.7. The van der Waals surface area contributed by atoms with Crippen molar-refractivity contribution in [3.63, 3.8) is 0 Å². The number of hydrogen-bond donors (Lipinski definition) is 0. The van der Waals surface area contributed by atoms with Crippen LogP contribution < -0.4 is 0 Å². The lowest BCUT2D eigenvalue weighted by molar-refractivity contribution is -0.00443. The lowest BCUT2D eigenvalue weighted by atomic mass is 9.68. The molecule has 3 heterocycles. The zero-order valence-corrected chi connectivity index (χ0v) is 41.3. The molecule has 5 aliphatic rings. The summed E-state index contributed by atoms with van der Waals surface area (Å²) in [4.78, 5) is 78.9. The predicted octanol–water partition coefficient (Wildman–Crippen LogP) is 8.09. The Bertz CT molecular complexity index is 2810.